The van der Waals surface area contributed by atoms with Gasteiger partial charge in [-0.25, -0.2) is 9.97 Å². The quantitative estimate of drug-likeness (QED) is 0.381. The van der Waals surface area contributed by atoms with Gasteiger partial charge in [-0.05, 0) is 36.8 Å². The van der Waals surface area contributed by atoms with E-state index in [-0.39, 0.29) is 0 Å². The predicted octanol–water partition coefficient (Wildman–Crippen LogP) is 4.64. The summed E-state index contributed by atoms with van der Waals surface area (Å²) in [4.78, 5) is 9.32. The lowest BCUT2D eigenvalue weighted by atomic mass is 10.2. The molecule has 0 N–H and O–H groups in total. The van der Waals surface area contributed by atoms with E-state index in [1.807, 2.05) is 35.7 Å². The maximum Gasteiger partial charge on any atom is 0.191 e. The number of nitrogens with zero attached hydrogens (tertiary/aromatic N) is 4. The minimum Gasteiger partial charge on any atom is -0.222 e. The highest BCUT2D eigenvalue weighted by molar-refractivity contribution is 9.10. The number of rotatable bonds is 3. The molecule has 23 heavy (non-hydrogen) atoms. The number of hydrogen-bond acceptors (Lipinski definition) is 4. The average molecular weight is 385 g/mol. The molecule has 0 aliphatic carbocycles. The molecule has 2 aromatic heterocycles. The first-order chi connectivity index (χ1) is 11.2. The summed E-state index contributed by atoms with van der Waals surface area (Å²) in [5, 5.41) is 6.40. The highest BCUT2D eigenvalue weighted by Gasteiger charge is 2.12. The van der Waals surface area contributed by atoms with Crippen LogP contribution in [-0.2, 0) is 5.75 Å². The number of hydrogen-bond donors (Lipinski definition) is 0. The number of aryl methyl sites for hydroxylation is 1. The van der Waals surface area contributed by atoms with Crippen molar-refractivity contribution in [1.82, 2.24) is 19.6 Å². The van der Waals surface area contributed by atoms with Crippen molar-refractivity contribution in [1.29, 1.82) is 0 Å². The molecule has 0 saturated heterocycles. The van der Waals surface area contributed by atoms with Gasteiger partial charge < -0.3 is 0 Å². The van der Waals surface area contributed by atoms with Gasteiger partial charge >= 0.3 is 0 Å². The minimum absolute atomic E-state index is 0.758. The Morgan fingerprint density at radius 3 is 2.65 bits per heavy atom. The largest absolute Gasteiger partial charge is 0.222 e. The van der Waals surface area contributed by atoms with Gasteiger partial charge in [0.2, 0.25) is 0 Å². The van der Waals surface area contributed by atoms with Crippen molar-refractivity contribution >= 4 is 44.2 Å². The number of aromatic nitrogens is 4. The van der Waals surface area contributed by atoms with Gasteiger partial charge in [-0.15, -0.1) is 5.10 Å². The van der Waals surface area contributed by atoms with Gasteiger partial charge in [0.15, 0.2) is 10.8 Å². The molecule has 0 unspecified atom stereocenters. The molecule has 0 aliphatic heterocycles. The molecule has 4 aromatic rings. The van der Waals surface area contributed by atoms with Crippen LogP contribution in [0.25, 0.3) is 16.6 Å². The van der Waals surface area contributed by atoms with E-state index >= 15 is 0 Å². The summed E-state index contributed by atoms with van der Waals surface area (Å²) in [5.41, 5.74) is 3.07. The van der Waals surface area contributed by atoms with Gasteiger partial charge in [-0.3, -0.25) is 0 Å². The highest BCUT2D eigenvalue weighted by atomic mass is 79.9. The van der Waals surface area contributed by atoms with Crippen molar-refractivity contribution in [2.75, 3.05) is 0 Å². The molecule has 0 spiro atoms. The lowest BCUT2D eigenvalue weighted by Crippen LogP contribution is -1.98. The zero-order chi connectivity index (χ0) is 15.8. The Morgan fingerprint density at radius 2 is 1.83 bits per heavy atom. The molecule has 0 aliphatic rings. The number of halogens is 1. The third-order valence-electron chi connectivity index (χ3n) is 3.54. The fraction of sp³-hybridized carbons (Fsp3) is 0.118. The summed E-state index contributed by atoms with van der Waals surface area (Å²) in [6.45, 7) is 1.91. The van der Waals surface area contributed by atoms with Gasteiger partial charge in [-0.2, -0.15) is 4.52 Å². The van der Waals surface area contributed by atoms with Crippen LogP contribution in [0.4, 0.5) is 0 Å². The van der Waals surface area contributed by atoms with Gasteiger partial charge in [0.25, 0.3) is 0 Å². The standard InChI is InChI=1S/C17H13BrN4S/c1-11-19-16-14-4-2-3-5-15(14)20-17(22(16)21-11)23-10-12-6-8-13(18)9-7-12/h2-9H,10H2,1H3. The first-order valence-corrected chi connectivity index (χ1v) is 8.98. The molecule has 0 saturated carbocycles. The van der Waals surface area contributed by atoms with Gasteiger partial charge in [0.1, 0.15) is 5.82 Å². The molecule has 4 rings (SSSR count). The van der Waals surface area contributed by atoms with E-state index in [1.54, 1.807) is 11.8 Å². The summed E-state index contributed by atoms with van der Waals surface area (Å²) in [6.07, 6.45) is 0. The average Bonchev–Trinajstić information content (AvgIpc) is 2.96. The molecule has 2 heterocycles. The van der Waals surface area contributed by atoms with Crippen molar-refractivity contribution in [3.05, 3.63) is 64.4 Å². The Balaban J connectivity index is 1.77. The number of para-hydroxylation sites is 1. The van der Waals surface area contributed by atoms with Crippen LogP contribution in [0, 0.1) is 6.92 Å². The molecular formula is C17H13BrN4S. The third-order valence-corrected chi connectivity index (χ3v) is 5.07. The van der Waals surface area contributed by atoms with E-state index in [4.69, 9.17) is 4.98 Å². The van der Waals surface area contributed by atoms with Crippen LogP contribution in [-0.4, -0.2) is 19.6 Å². The SMILES string of the molecule is Cc1nc2c3ccccc3nc(SCc3ccc(Br)cc3)n2n1. The molecule has 114 valence electrons. The summed E-state index contributed by atoms with van der Waals surface area (Å²) in [7, 11) is 0. The molecule has 6 heteroatoms. The van der Waals surface area contributed by atoms with Crippen molar-refractivity contribution in [2.45, 2.75) is 17.8 Å². The van der Waals surface area contributed by atoms with Crippen LogP contribution < -0.4 is 0 Å². The van der Waals surface area contributed by atoms with Crippen LogP contribution >= 0.6 is 27.7 Å². The summed E-state index contributed by atoms with van der Waals surface area (Å²) < 4.78 is 2.94. The fourth-order valence-corrected chi connectivity index (χ4v) is 3.62. The van der Waals surface area contributed by atoms with Crippen LogP contribution in [0.3, 0.4) is 0 Å². The molecular weight excluding hydrogens is 372 g/mol. The molecule has 0 atom stereocenters. The monoisotopic (exact) mass is 384 g/mol. The zero-order valence-corrected chi connectivity index (χ0v) is 14.8. The predicted molar refractivity (Wildman–Crippen MR) is 96.7 cm³/mol. The summed E-state index contributed by atoms with van der Waals surface area (Å²) in [6, 6.07) is 16.4. The Kier molecular flexibility index (Phi) is 3.79. The number of thioether (sulfide) groups is 1. The van der Waals surface area contributed by atoms with Crippen molar-refractivity contribution in [3.63, 3.8) is 0 Å². The second kappa shape index (κ2) is 5.94. The van der Waals surface area contributed by atoms with Crippen LogP contribution in [0.1, 0.15) is 11.4 Å². The summed E-state index contributed by atoms with van der Waals surface area (Å²) in [5.74, 6) is 1.60. The smallest absolute Gasteiger partial charge is 0.191 e. The Hall–Kier alpha value is -1.92. The zero-order valence-electron chi connectivity index (χ0n) is 12.4. The lowest BCUT2D eigenvalue weighted by Gasteiger charge is -2.06. The Morgan fingerprint density at radius 1 is 1.04 bits per heavy atom. The number of benzene rings is 2. The number of fused-ring (bicyclic) bond motifs is 3. The van der Waals surface area contributed by atoms with Crippen molar-refractivity contribution in [3.8, 4) is 0 Å². The second-order valence-electron chi connectivity index (χ2n) is 5.22. The Bertz CT molecular complexity index is 995. The van der Waals surface area contributed by atoms with Gasteiger partial charge in [0.05, 0.1) is 5.52 Å². The lowest BCUT2D eigenvalue weighted by molar-refractivity contribution is 0.797. The highest BCUT2D eigenvalue weighted by Crippen LogP contribution is 2.26. The van der Waals surface area contributed by atoms with E-state index < -0.39 is 0 Å². The fourth-order valence-electron chi connectivity index (χ4n) is 2.46. The normalized spacial score (nSPS) is 11.4. The van der Waals surface area contributed by atoms with E-state index in [2.05, 4.69) is 50.3 Å². The van der Waals surface area contributed by atoms with Gasteiger partial charge in [-0.1, -0.05) is 52.0 Å². The maximum absolute atomic E-state index is 4.76. The van der Waals surface area contributed by atoms with Crippen molar-refractivity contribution in [2.24, 2.45) is 0 Å². The van der Waals surface area contributed by atoms with Gasteiger partial charge in [0, 0.05) is 15.6 Å². The van der Waals surface area contributed by atoms with E-state index in [0.717, 1.165) is 37.8 Å². The maximum atomic E-state index is 4.76. The van der Waals surface area contributed by atoms with E-state index in [0.29, 0.717) is 0 Å². The molecule has 2 aromatic carbocycles. The minimum atomic E-state index is 0.758. The Labute approximate surface area is 146 Å². The molecule has 0 fully saturated rings. The van der Waals surface area contributed by atoms with E-state index in [9.17, 15) is 0 Å². The van der Waals surface area contributed by atoms with Crippen LogP contribution in [0.2, 0.25) is 0 Å². The molecule has 0 bridgehead atoms. The second-order valence-corrected chi connectivity index (χ2v) is 7.08. The first kappa shape index (κ1) is 14.7. The van der Waals surface area contributed by atoms with Crippen LogP contribution in [0.15, 0.2) is 58.2 Å². The summed E-state index contributed by atoms with van der Waals surface area (Å²) >= 11 is 5.13. The topological polar surface area (TPSA) is 43.1 Å². The first-order valence-electron chi connectivity index (χ1n) is 7.20. The molecule has 0 radical (unpaired) electrons. The molecule has 0 amide bonds. The van der Waals surface area contributed by atoms with Crippen LogP contribution in [0.5, 0.6) is 0 Å². The van der Waals surface area contributed by atoms with E-state index in [1.165, 1.54) is 5.56 Å². The van der Waals surface area contributed by atoms with Crippen molar-refractivity contribution < 1.29 is 0 Å². The molecule has 4 nitrogen and oxygen atoms in total. The third kappa shape index (κ3) is 2.84.